The molecule has 0 saturated heterocycles. The molecule has 0 radical (unpaired) electrons. The Balaban J connectivity index is 2.34. The molecule has 1 aromatic heterocycles. The third-order valence-corrected chi connectivity index (χ3v) is 5.74. The first kappa shape index (κ1) is 13.7. The lowest BCUT2D eigenvalue weighted by Gasteiger charge is -2.10. The van der Waals surface area contributed by atoms with E-state index in [0.717, 1.165) is 20.2 Å². The van der Waals surface area contributed by atoms with E-state index < -0.39 is 0 Å². The topological polar surface area (TPSA) is 25.8 Å². The van der Waals surface area contributed by atoms with Gasteiger partial charge in [0, 0.05) is 5.75 Å². The van der Waals surface area contributed by atoms with Gasteiger partial charge in [-0.2, -0.15) is 12.6 Å². The van der Waals surface area contributed by atoms with Crippen LogP contribution in [0.25, 0.3) is 0 Å². The monoisotopic (exact) mass is 280 g/mol. The van der Waals surface area contributed by atoms with Gasteiger partial charge in [-0.15, -0.1) is 10.2 Å². The van der Waals surface area contributed by atoms with Gasteiger partial charge < -0.3 is 0 Å². The third kappa shape index (κ3) is 4.97. The summed E-state index contributed by atoms with van der Waals surface area (Å²) in [4.78, 5) is 0. The minimum absolute atomic E-state index is 0.699. The van der Waals surface area contributed by atoms with E-state index in [1.54, 1.807) is 23.1 Å². The molecule has 6 heteroatoms. The molecule has 0 fully saturated rings. The molecule has 1 atom stereocenters. The number of nitrogens with zero attached hydrogens (tertiary/aromatic N) is 2. The lowest BCUT2D eigenvalue weighted by molar-refractivity contribution is 0.595. The van der Waals surface area contributed by atoms with Gasteiger partial charge in [-0.05, 0) is 24.3 Å². The predicted octanol–water partition coefficient (Wildman–Crippen LogP) is 3.70. The van der Waals surface area contributed by atoms with Crippen LogP contribution in [0.4, 0.5) is 0 Å². The normalized spacial score (nSPS) is 13.0. The number of rotatable bonds is 7. The van der Waals surface area contributed by atoms with Crippen LogP contribution in [-0.2, 0) is 0 Å². The Morgan fingerprint density at radius 1 is 1.40 bits per heavy atom. The molecule has 0 spiro atoms. The van der Waals surface area contributed by atoms with Crippen molar-refractivity contribution in [2.24, 2.45) is 5.92 Å². The standard InChI is InChI=1S/C9H16N2S4/c1-3-4-7(5-12)6-14-9-11-10-8(13-2)15-9/h7,12H,3-6H2,1-2H3. The van der Waals surface area contributed by atoms with Gasteiger partial charge in [0.1, 0.15) is 0 Å². The van der Waals surface area contributed by atoms with E-state index in [4.69, 9.17) is 0 Å². The molecule has 1 rings (SSSR count). The quantitative estimate of drug-likeness (QED) is 0.608. The summed E-state index contributed by atoms with van der Waals surface area (Å²) in [5.41, 5.74) is 0. The molecule has 0 bridgehead atoms. The molecule has 86 valence electrons. The third-order valence-electron chi connectivity index (χ3n) is 1.96. The van der Waals surface area contributed by atoms with Crippen molar-refractivity contribution in [3.8, 4) is 0 Å². The first-order chi connectivity index (χ1) is 7.30. The van der Waals surface area contributed by atoms with Crippen LogP contribution in [0.2, 0.25) is 0 Å². The van der Waals surface area contributed by atoms with Crippen LogP contribution >= 0.6 is 47.5 Å². The highest BCUT2D eigenvalue weighted by Crippen LogP contribution is 2.29. The Morgan fingerprint density at radius 3 is 2.67 bits per heavy atom. The van der Waals surface area contributed by atoms with E-state index in [-0.39, 0.29) is 0 Å². The van der Waals surface area contributed by atoms with Crippen LogP contribution in [0.15, 0.2) is 8.68 Å². The van der Waals surface area contributed by atoms with E-state index in [0.29, 0.717) is 5.92 Å². The number of hydrogen-bond donors (Lipinski definition) is 1. The summed E-state index contributed by atoms with van der Waals surface area (Å²) in [6, 6.07) is 0. The molecule has 15 heavy (non-hydrogen) atoms. The van der Waals surface area contributed by atoms with E-state index in [1.165, 1.54) is 12.8 Å². The minimum Gasteiger partial charge on any atom is -0.179 e. The Kier molecular flexibility index (Phi) is 7.12. The Bertz CT molecular complexity index is 277. The van der Waals surface area contributed by atoms with Crippen molar-refractivity contribution >= 4 is 47.5 Å². The molecule has 0 aromatic carbocycles. The highest BCUT2D eigenvalue weighted by Gasteiger charge is 2.09. The highest BCUT2D eigenvalue weighted by molar-refractivity contribution is 8.03. The van der Waals surface area contributed by atoms with Crippen LogP contribution in [0, 0.1) is 5.92 Å². The van der Waals surface area contributed by atoms with Gasteiger partial charge in [-0.1, -0.05) is 48.2 Å². The second-order valence-corrected chi connectivity index (χ2v) is 6.85. The van der Waals surface area contributed by atoms with Gasteiger partial charge in [0.05, 0.1) is 0 Å². The van der Waals surface area contributed by atoms with Crippen LogP contribution in [0.1, 0.15) is 19.8 Å². The summed E-state index contributed by atoms with van der Waals surface area (Å²) >= 11 is 9.52. The van der Waals surface area contributed by atoms with Crippen molar-refractivity contribution < 1.29 is 0 Å². The Hall–Kier alpha value is 0.610. The second-order valence-electron chi connectivity index (χ2n) is 3.19. The maximum absolute atomic E-state index is 4.37. The summed E-state index contributed by atoms with van der Waals surface area (Å²) < 4.78 is 2.14. The largest absolute Gasteiger partial charge is 0.179 e. The van der Waals surface area contributed by atoms with Gasteiger partial charge in [-0.25, -0.2) is 0 Å². The number of thiol groups is 1. The molecule has 1 heterocycles. The summed E-state index contributed by atoms with van der Waals surface area (Å²) in [5, 5.41) is 8.22. The lowest BCUT2D eigenvalue weighted by atomic mass is 10.1. The van der Waals surface area contributed by atoms with E-state index in [2.05, 4.69) is 29.7 Å². The van der Waals surface area contributed by atoms with Crippen molar-refractivity contribution in [2.75, 3.05) is 17.8 Å². The van der Waals surface area contributed by atoms with Crippen molar-refractivity contribution in [3.63, 3.8) is 0 Å². The van der Waals surface area contributed by atoms with Gasteiger partial charge in [0.15, 0.2) is 8.68 Å². The number of aromatic nitrogens is 2. The molecule has 0 N–H and O–H groups in total. The zero-order valence-corrected chi connectivity index (χ0v) is 12.3. The highest BCUT2D eigenvalue weighted by atomic mass is 32.2. The Morgan fingerprint density at radius 2 is 2.13 bits per heavy atom. The zero-order chi connectivity index (χ0) is 11.1. The SMILES string of the molecule is CCCC(CS)CSc1nnc(SC)s1. The van der Waals surface area contributed by atoms with Crippen molar-refractivity contribution in [3.05, 3.63) is 0 Å². The average Bonchev–Trinajstić information content (AvgIpc) is 2.72. The lowest BCUT2D eigenvalue weighted by Crippen LogP contribution is -2.04. The minimum atomic E-state index is 0.699. The fraction of sp³-hybridized carbons (Fsp3) is 0.778. The molecule has 0 aliphatic rings. The molecule has 0 aliphatic heterocycles. The molecule has 1 aromatic rings. The summed E-state index contributed by atoms with van der Waals surface area (Å²) in [7, 11) is 0. The maximum Gasteiger partial charge on any atom is 0.175 e. The van der Waals surface area contributed by atoms with E-state index in [1.807, 2.05) is 18.0 Å². The molecule has 2 nitrogen and oxygen atoms in total. The molecule has 1 unspecified atom stereocenters. The van der Waals surface area contributed by atoms with Gasteiger partial charge in [0.25, 0.3) is 0 Å². The molecular formula is C9H16N2S4. The van der Waals surface area contributed by atoms with E-state index in [9.17, 15) is 0 Å². The van der Waals surface area contributed by atoms with Crippen LogP contribution in [0.5, 0.6) is 0 Å². The first-order valence-corrected chi connectivity index (χ1v) is 8.57. The molecule has 0 aliphatic carbocycles. The summed E-state index contributed by atoms with van der Waals surface area (Å²) in [6.07, 6.45) is 4.52. The second kappa shape index (κ2) is 7.81. The van der Waals surface area contributed by atoms with Crippen LogP contribution < -0.4 is 0 Å². The van der Waals surface area contributed by atoms with Gasteiger partial charge in [-0.3, -0.25) is 0 Å². The molecule has 0 amide bonds. The Labute approximate surface area is 109 Å². The molecular weight excluding hydrogens is 264 g/mol. The van der Waals surface area contributed by atoms with Crippen molar-refractivity contribution in [1.82, 2.24) is 10.2 Å². The average molecular weight is 281 g/mol. The fourth-order valence-corrected chi connectivity index (χ4v) is 4.25. The fourth-order valence-electron chi connectivity index (χ4n) is 1.16. The summed E-state index contributed by atoms with van der Waals surface area (Å²) in [5.74, 6) is 2.78. The van der Waals surface area contributed by atoms with Gasteiger partial charge >= 0.3 is 0 Å². The van der Waals surface area contributed by atoms with E-state index >= 15 is 0 Å². The van der Waals surface area contributed by atoms with Gasteiger partial charge in [0.2, 0.25) is 0 Å². The first-order valence-electron chi connectivity index (χ1n) is 4.91. The smallest absolute Gasteiger partial charge is 0.175 e. The predicted molar refractivity (Wildman–Crippen MR) is 74.7 cm³/mol. The van der Waals surface area contributed by atoms with Crippen molar-refractivity contribution in [2.45, 2.75) is 28.4 Å². The summed E-state index contributed by atoms with van der Waals surface area (Å²) in [6.45, 7) is 2.22. The van der Waals surface area contributed by atoms with Crippen LogP contribution in [0.3, 0.4) is 0 Å². The molecule has 0 saturated carbocycles. The number of thioether (sulfide) groups is 2. The maximum atomic E-state index is 4.37. The zero-order valence-electron chi connectivity index (χ0n) is 8.97. The van der Waals surface area contributed by atoms with Crippen molar-refractivity contribution in [1.29, 1.82) is 0 Å². The van der Waals surface area contributed by atoms with Crippen LogP contribution in [-0.4, -0.2) is 28.0 Å². The number of hydrogen-bond acceptors (Lipinski definition) is 6.